The summed E-state index contributed by atoms with van der Waals surface area (Å²) in [5.41, 5.74) is 7.13. The molecule has 0 atom stereocenters. The third-order valence-corrected chi connectivity index (χ3v) is 3.74. The lowest BCUT2D eigenvalue weighted by Crippen LogP contribution is -2.12. The zero-order valence-corrected chi connectivity index (χ0v) is 12.3. The molecule has 0 spiro atoms. The number of nitrogens with one attached hydrogen (secondary N) is 1. The Kier molecular flexibility index (Phi) is 3.57. The van der Waals surface area contributed by atoms with Crippen molar-refractivity contribution in [1.82, 2.24) is 5.32 Å². The third kappa shape index (κ3) is 2.87. The highest BCUT2D eigenvalue weighted by Crippen LogP contribution is 2.16. The Hall–Kier alpha value is -2.42. The summed E-state index contributed by atoms with van der Waals surface area (Å²) in [5.74, 6) is 0.0556. The van der Waals surface area contributed by atoms with Gasteiger partial charge in [-0.2, -0.15) is 0 Å². The monoisotopic (exact) mass is 278 g/mol. The summed E-state index contributed by atoms with van der Waals surface area (Å²) in [7, 11) is 0. The molecule has 2 aromatic carbocycles. The van der Waals surface area contributed by atoms with Crippen molar-refractivity contribution in [3.05, 3.63) is 69.8 Å². The number of hydrogen-bond donors (Lipinski definition) is 1. The highest BCUT2D eigenvalue weighted by atomic mass is 16.1. The van der Waals surface area contributed by atoms with Crippen LogP contribution in [0.5, 0.6) is 0 Å². The predicted octanol–water partition coefficient (Wildman–Crippen LogP) is 3.17. The molecule has 2 aliphatic rings. The van der Waals surface area contributed by atoms with E-state index in [1.54, 1.807) is 0 Å². The van der Waals surface area contributed by atoms with E-state index in [1.165, 1.54) is 22.3 Å². The minimum atomic E-state index is 0.0556. The first-order valence-electron chi connectivity index (χ1n) is 7.10. The first kappa shape index (κ1) is 13.6. The van der Waals surface area contributed by atoms with Gasteiger partial charge in [0.15, 0.2) is 0 Å². The molecule has 2 heterocycles. The zero-order chi connectivity index (χ0) is 14.8. The number of fused-ring (bicyclic) bond motifs is 2. The topological polar surface area (TPSA) is 41.5 Å². The second-order valence-corrected chi connectivity index (χ2v) is 5.52. The standard InChI is InChI=1S/C9H9NO.C9H9N/c1-6-2-3-8-7(4-6)5-10-9(8)11;1-7-2-3-8-5-10-6-9(8)4-7/h2-4H,5H2,1H3,(H,10,11);2-5H,6H2,1H3. The molecule has 1 amide bonds. The van der Waals surface area contributed by atoms with Crippen molar-refractivity contribution in [2.45, 2.75) is 26.9 Å². The first-order valence-corrected chi connectivity index (χ1v) is 7.10. The molecule has 0 saturated heterocycles. The quantitative estimate of drug-likeness (QED) is 0.790. The minimum absolute atomic E-state index is 0.0556. The number of hydrogen-bond acceptors (Lipinski definition) is 2. The molecule has 0 unspecified atom stereocenters. The van der Waals surface area contributed by atoms with Gasteiger partial charge in [-0.15, -0.1) is 0 Å². The maximum atomic E-state index is 11.1. The fourth-order valence-corrected chi connectivity index (χ4v) is 2.60. The molecule has 3 heteroatoms. The molecule has 3 nitrogen and oxygen atoms in total. The van der Waals surface area contributed by atoms with Crippen molar-refractivity contribution in [2.24, 2.45) is 4.99 Å². The Morgan fingerprint density at radius 3 is 2.52 bits per heavy atom. The van der Waals surface area contributed by atoms with Crippen LogP contribution in [0.2, 0.25) is 0 Å². The Balaban J connectivity index is 0.000000126. The Morgan fingerprint density at radius 2 is 1.71 bits per heavy atom. The average molecular weight is 278 g/mol. The van der Waals surface area contributed by atoms with Gasteiger partial charge in [-0.25, -0.2) is 0 Å². The van der Waals surface area contributed by atoms with E-state index in [0.717, 1.165) is 17.7 Å². The summed E-state index contributed by atoms with van der Waals surface area (Å²) in [6, 6.07) is 12.3. The summed E-state index contributed by atoms with van der Waals surface area (Å²) < 4.78 is 0. The molecule has 0 fully saturated rings. The van der Waals surface area contributed by atoms with Gasteiger partial charge in [0.1, 0.15) is 0 Å². The molecule has 2 aromatic rings. The highest BCUT2D eigenvalue weighted by Gasteiger charge is 2.17. The van der Waals surface area contributed by atoms with Crippen LogP contribution in [0.25, 0.3) is 0 Å². The van der Waals surface area contributed by atoms with Gasteiger partial charge in [0.2, 0.25) is 0 Å². The average Bonchev–Trinajstić information content (AvgIpc) is 3.06. The fraction of sp³-hybridized carbons (Fsp3) is 0.222. The molecule has 4 rings (SSSR count). The number of nitrogens with zero attached hydrogens (tertiary/aromatic N) is 1. The van der Waals surface area contributed by atoms with Crippen LogP contribution in [0.1, 0.15) is 38.2 Å². The van der Waals surface area contributed by atoms with E-state index in [9.17, 15) is 4.79 Å². The molecule has 0 aliphatic carbocycles. The van der Waals surface area contributed by atoms with E-state index < -0.39 is 0 Å². The highest BCUT2D eigenvalue weighted by molar-refractivity contribution is 5.98. The second-order valence-electron chi connectivity index (χ2n) is 5.52. The van der Waals surface area contributed by atoms with E-state index in [4.69, 9.17) is 0 Å². The van der Waals surface area contributed by atoms with E-state index in [0.29, 0.717) is 6.54 Å². The van der Waals surface area contributed by atoms with Crippen molar-refractivity contribution in [1.29, 1.82) is 0 Å². The van der Waals surface area contributed by atoms with Gasteiger partial charge >= 0.3 is 0 Å². The van der Waals surface area contributed by atoms with Crippen molar-refractivity contribution < 1.29 is 4.79 Å². The van der Waals surface area contributed by atoms with Gasteiger partial charge in [0.25, 0.3) is 5.91 Å². The molecule has 1 N–H and O–H groups in total. The molecule has 0 aromatic heterocycles. The number of aryl methyl sites for hydroxylation is 2. The minimum Gasteiger partial charge on any atom is -0.348 e. The third-order valence-electron chi connectivity index (χ3n) is 3.74. The Labute approximate surface area is 124 Å². The summed E-state index contributed by atoms with van der Waals surface area (Å²) in [4.78, 5) is 15.2. The van der Waals surface area contributed by atoms with E-state index in [1.807, 2.05) is 31.3 Å². The zero-order valence-electron chi connectivity index (χ0n) is 12.3. The molecule has 0 radical (unpaired) electrons. The van der Waals surface area contributed by atoms with Crippen molar-refractivity contribution in [2.75, 3.05) is 0 Å². The van der Waals surface area contributed by atoms with Gasteiger partial charge in [-0.3, -0.25) is 9.79 Å². The molecular weight excluding hydrogens is 260 g/mol. The lowest BCUT2D eigenvalue weighted by molar-refractivity contribution is 0.0966. The van der Waals surface area contributed by atoms with Crippen LogP contribution in [0, 0.1) is 13.8 Å². The number of rotatable bonds is 0. The number of carbonyl (C=O) groups excluding carboxylic acids is 1. The summed E-state index contributed by atoms with van der Waals surface area (Å²) in [6.07, 6.45) is 1.94. The molecule has 21 heavy (non-hydrogen) atoms. The smallest absolute Gasteiger partial charge is 0.251 e. The van der Waals surface area contributed by atoms with Crippen molar-refractivity contribution in [3.63, 3.8) is 0 Å². The van der Waals surface area contributed by atoms with E-state index in [-0.39, 0.29) is 5.91 Å². The van der Waals surface area contributed by atoms with Crippen LogP contribution in [-0.2, 0) is 13.1 Å². The molecule has 2 aliphatic heterocycles. The van der Waals surface area contributed by atoms with Gasteiger partial charge in [0, 0.05) is 18.3 Å². The van der Waals surface area contributed by atoms with Crippen LogP contribution in [0.15, 0.2) is 41.4 Å². The second kappa shape index (κ2) is 5.52. The Morgan fingerprint density at radius 1 is 1.00 bits per heavy atom. The van der Waals surface area contributed by atoms with Gasteiger partial charge < -0.3 is 5.32 Å². The largest absolute Gasteiger partial charge is 0.348 e. The van der Waals surface area contributed by atoms with Gasteiger partial charge in [0.05, 0.1) is 6.54 Å². The lowest BCUT2D eigenvalue weighted by Gasteiger charge is -1.96. The van der Waals surface area contributed by atoms with Crippen molar-refractivity contribution in [3.8, 4) is 0 Å². The lowest BCUT2D eigenvalue weighted by atomic mass is 10.1. The van der Waals surface area contributed by atoms with E-state index in [2.05, 4.69) is 35.4 Å². The van der Waals surface area contributed by atoms with Crippen LogP contribution in [0.3, 0.4) is 0 Å². The molecule has 0 saturated carbocycles. The Bertz CT molecular complexity index is 732. The number of aliphatic imine (C=N–C) groups is 1. The summed E-state index contributed by atoms with van der Waals surface area (Å²) in [5, 5.41) is 2.77. The number of amides is 1. The van der Waals surface area contributed by atoms with Crippen LogP contribution >= 0.6 is 0 Å². The number of benzene rings is 2. The summed E-state index contributed by atoms with van der Waals surface area (Å²) in [6.45, 7) is 5.70. The SMILES string of the molecule is Cc1ccc2c(c1)CN=C2.Cc1ccc2c(c1)CNC2=O. The van der Waals surface area contributed by atoms with E-state index >= 15 is 0 Å². The van der Waals surface area contributed by atoms with Crippen LogP contribution in [-0.4, -0.2) is 12.1 Å². The predicted molar refractivity (Wildman–Crippen MR) is 84.8 cm³/mol. The molecular formula is C18H18N2O. The summed E-state index contributed by atoms with van der Waals surface area (Å²) >= 11 is 0. The number of carbonyl (C=O) groups is 1. The van der Waals surface area contributed by atoms with Crippen LogP contribution in [0.4, 0.5) is 0 Å². The van der Waals surface area contributed by atoms with Crippen LogP contribution < -0.4 is 5.32 Å². The normalized spacial score (nSPS) is 14.1. The van der Waals surface area contributed by atoms with Gasteiger partial charge in [-0.05, 0) is 36.6 Å². The maximum absolute atomic E-state index is 11.1. The molecule has 106 valence electrons. The van der Waals surface area contributed by atoms with Gasteiger partial charge in [-0.1, -0.05) is 41.5 Å². The van der Waals surface area contributed by atoms with Crippen molar-refractivity contribution >= 4 is 12.1 Å². The first-order chi connectivity index (χ1) is 10.1. The fourth-order valence-electron chi connectivity index (χ4n) is 2.60. The molecule has 0 bridgehead atoms. The maximum Gasteiger partial charge on any atom is 0.251 e.